The van der Waals surface area contributed by atoms with Crippen LogP contribution in [0.25, 0.3) is 0 Å². The van der Waals surface area contributed by atoms with Crippen molar-refractivity contribution >= 4 is 15.2 Å². The summed E-state index contributed by atoms with van der Waals surface area (Å²) in [7, 11) is -4.87. The molecule has 18 heavy (non-hydrogen) atoms. The quantitative estimate of drug-likeness (QED) is 0.631. The third kappa shape index (κ3) is 4.02. The third-order valence-electron chi connectivity index (χ3n) is 2.04. The van der Waals surface area contributed by atoms with Crippen LogP contribution in [0.4, 0.5) is 0 Å². The number of hydrogen-bond acceptors (Lipinski definition) is 6. The standard InChI is InChI=1S/C10H22O6P2/c1-7-15-18(12,16-8-2)10(9(3)4)17(11,13-5)14-6/h7-8H2,1-6H3. The van der Waals surface area contributed by atoms with Crippen molar-refractivity contribution < 1.29 is 27.2 Å². The van der Waals surface area contributed by atoms with Gasteiger partial charge < -0.3 is 18.1 Å². The second-order valence-electron chi connectivity index (χ2n) is 3.52. The Kier molecular flexibility index (Phi) is 7.60. The number of allylic oxidation sites excluding steroid dienone is 1. The van der Waals surface area contributed by atoms with Crippen molar-refractivity contribution in [3.05, 3.63) is 10.6 Å². The van der Waals surface area contributed by atoms with Crippen LogP contribution in [0.5, 0.6) is 0 Å². The molecule has 0 aliphatic heterocycles. The average molecular weight is 300 g/mol. The van der Waals surface area contributed by atoms with Gasteiger partial charge in [0.1, 0.15) is 0 Å². The first-order valence-corrected chi connectivity index (χ1v) is 8.69. The van der Waals surface area contributed by atoms with E-state index in [9.17, 15) is 9.13 Å². The zero-order chi connectivity index (χ0) is 14.4. The van der Waals surface area contributed by atoms with E-state index in [4.69, 9.17) is 18.1 Å². The van der Waals surface area contributed by atoms with Crippen molar-refractivity contribution in [2.45, 2.75) is 27.7 Å². The Morgan fingerprint density at radius 3 is 1.50 bits per heavy atom. The van der Waals surface area contributed by atoms with Gasteiger partial charge in [0, 0.05) is 14.2 Å². The summed E-state index contributed by atoms with van der Waals surface area (Å²) in [6.07, 6.45) is 0. The molecule has 0 radical (unpaired) electrons. The van der Waals surface area contributed by atoms with Gasteiger partial charge in [0.25, 0.3) is 0 Å². The van der Waals surface area contributed by atoms with E-state index < -0.39 is 15.2 Å². The van der Waals surface area contributed by atoms with Crippen LogP contribution in [0.1, 0.15) is 27.7 Å². The van der Waals surface area contributed by atoms with Gasteiger partial charge in [-0.1, -0.05) is 5.57 Å². The van der Waals surface area contributed by atoms with E-state index in [0.29, 0.717) is 5.57 Å². The van der Waals surface area contributed by atoms with Crippen molar-refractivity contribution in [3.63, 3.8) is 0 Å². The summed E-state index contributed by atoms with van der Waals surface area (Å²) in [5.74, 6) is 0. The maximum Gasteiger partial charge on any atom is 0.369 e. The minimum Gasteiger partial charge on any atom is -0.308 e. The van der Waals surface area contributed by atoms with E-state index >= 15 is 0 Å². The molecule has 0 heterocycles. The molecule has 0 aliphatic carbocycles. The van der Waals surface area contributed by atoms with E-state index in [2.05, 4.69) is 0 Å². The maximum absolute atomic E-state index is 12.7. The molecule has 0 saturated heterocycles. The van der Waals surface area contributed by atoms with Crippen molar-refractivity contribution in [2.75, 3.05) is 27.4 Å². The van der Waals surface area contributed by atoms with Gasteiger partial charge in [-0.3, -0.25) is 9.13 Å². The topological polar surface area (TPSA) is 71.1 Å². The Bertz CT molecular complexity index is 368. The Balaban J connectivity index is 5.83. The minimum atomic E-state index is -3.67. The van der Waals surface area contributed by atoms with Crippen LogP contribution in [0.3, 0.4) is 0 Å². The van der Waals surface area contributed by atoms with Crippen LogP contribution in [0.15, 0.2) is 10.6 Å². The molecule has 0 aromatic carbocycles. The number of hydrogen-bond donors (Lipinski definition) is 0. The predicted octanol–water partition coefficient (Wildman–Crippen LogP) is 3.99. The lowest BCUT2D eigenvalue weighted by molar-refractivity contribution is 0.224. The fourth-order valence-corrected chi connectivity index (χ4v) is 6.07. The van der Waals surface area contributed by atoms with Gasteiger partial charge in [-0.25, -0.2) is 0 Å². The van der Waals surface area contributed by atoms with Crippen molar-refractivity contribution in [3.8, 4) is 0 Å². The van der Waals surface area contributed by atoms with E-state index in [-0.39, 0.29) is 18.3 Å². The SMILES string of the molecule is CCOP(=O)(OCC)C(=C(C)C)P(=O)(OC)OC. The Hall–Kier alpha value is 0.0400. The van der Waals surface area contributed by atoms with E-state index in [1.165, 1.54) is 14.2 Å². The average Bonchev–Trinajstić information content (AvgIpc) is 2.28. The molecule has 8 heteroatoms. The largest absolute Gasteiger partial charge is 0.369 e. The van der Waals surface area contributed by atoms with E-state index in [1.54, 1.807) is 27.7 Å². The lowest BCUT2D eigenvalue weighted by atomic mass is 10.4. The molecule has 0 N–H and O–H groups in total. The molecule has 0 aliphatic rings. The highest BCUT2D eigenvalue weighted by Crippen LogP contribution is 2.74. The van der Waals surface area contributed by atoms with Gasteiger partial charge in [0.05, 0.1) is 13.2 Å². The van der Waals surface area contributed by atoms with Gasteiger partial charge in [-0.2, -0.15) is 0 Å². The Morgan fingerprint density at radius 2 is 1.28 bits per heavy atom. The van der Waals surface area contributed by atoms with Crippen LogP contribution in [0, 0.1) is 0 Å². The van der Waals surface area contributed by atoms with Gasteiger partial charge in [0.2, 0.25) is 0 Å². The van der Waals surface area contributed by atoms with Crippen molar-refractivity contribution in [1.29, 1.82) is 0 Å². The lowest BCUT2D eigenvalue weighted by Crippen LogP contribution is -2.03. The second kappa shape index (κ2) is 7.59. The molecule has 0 spiro atoms. The first kappa shape index (κ1) is 18.0. The van der Waals surface area contributed by atoms with E-state index in [1.807, 2.05) is 0 Å². The highest BCUT2D eigenvalue weighted by atomic mass is 31.2. The first-order valence-electron chi connectivity index (χ1n) is 5.60. The summed E-state index contributed by atoms with van der Waals surface area (Å²) < 4.78 is 45.3. The first-order chi connectivity index (χ1) is 8.31. The van der Waals surface area contributed by atoms with Crippen molar-refractivity contribution in [2.24, 2.45) is 0 Å². The maximum atomic E-state index is 12.7. The third-order valence-corrected chi connectivity index (χ3v) is 7.60. The fraction of sp³-hybridized carbons (Fsp3) is 0.800. The Labute approximate surface area is 109 Å². The highest BCUT2D eigenvalue weighted by molar-refractivity contribution is 7.78. The summed E-state index contributed by atoms with van der Waals surface area (Å²) in [4.78, 5) is 0. The molecular formula is C10H22O6P2. The van der Waals surface area contributed by atoms with Gasteiger partial charge in [-0.05, 0) is 27.7 Å². The molecule has 0 aromatic rings. The zero-order valence-electron chi connectivity index (χ0n) is 11.8. The summed E-state index contributed by atoms with van der Waals surface area (Å²) in [6, 6.07) is 0. The molecule has 0 amide bonds. The van der Waals surface area contributed by atoms with Crippen LogP contribution < -0.4 is 0 Å². The van der Waals surface area contributed by atoms with Crippen LogP contribution in [-0.4, -0.2) is 27.4 Å². The van der Waals surface area contributed by atoms with Gasteiger partial charge in [-0.15, -0.1) is 0 Å². The summed E-state index contributed by atoms with van der Waals surface area (Å²) in [5.41, 5.74) is 0.535. The van der Waals surface area contributed by atoms with E-state index in [0.717, 1.165) is 0 Å². The molecule has 0 fully saturated rings. The summed E-state index contributed by atoms with van der Waals surface area (Å²) in [5, 5.41) is -0.0244. The molecule has 6 nitrogen and oxygen atoms in total. The van der Waals surface area contributed by atoms with Gasteiger partial charge >= 0.3 is 15.2 Å². The van der Waals surface area contributed by atoms with Crippen LogP contribution in [0.2, 0.25) is 0 Å². The highest BCUT2D eigenvalue weighted by Gasteiger charge is 2.45. The molecule has 0 rings (SSSR count). The van der Waals surface area contributed by atoms with Crippen LogP contribution in [-0.2, 0) is 27.2 Å². The monoisotopic (exact) mass is 300 g/mol. The summed E-state index contributed by atoms with van der Waals surface area (Å²) in [6.45, 7) is 7.01. The Morgan fingerprint density at radius 1 is 0.889 bits per heavy atom. The minimum absolute atomic E-state index is 0.0244. The number of rotatable bonds is 8. The molecule has 0 atom stereocenters. The predicted molar refractivity (Wildman–Crippen MR) is 70.9 cm³/mol. The molecule has 0 saturated carbocycles. The van der Waals surface area contributed by atoms with Crippen molar-refractivity contribution in [1.82, 2.24) is 0 Å². The van der Waals surface area contributed by atoms with Gasteiger partial charge in [0.15, 0.2) is 5.06 Å². The smallest absolute Gasteiger partial charge is 0.308 e. The summed E-state index contributed by atoms with van der Waals surface area (Å²) >= 11 is 0. The fourth-order valence-electron chi connectivity index (χ4n) is 1.44. The van der Waals surface area contributed by atoms with Crippen LogP contribution >= 0.6 is 15.2 Å². The lowest BCUT2D eigenvalue weighted by Gasteiger charge is -2.25. The molecule has 0 aromatic heterocycles. The second-order valence-corrected chi connectivity index (χ2v) is 8.00. The molecule has 0 unspecified atom stereocenters. The molecular weight excluding hydrogens is 278 g/mol. The molecule has 0 bridgehead atoms. The molecule has 108 valence electrons. The normalized spacial score (nSPS) is 12.6. The zero-order valence-corrected chi connectivity index (χ0v) is 13.5.